The van der Waals surface area contributed by atoms with Crippen LogP contribution in [0.5, 0.6) is 5.75 Å². The highest BCUT2D eigenvalue weighted by Crippen LogP contribution is 2.47. The number of ether oxygens (including phenoxy) is 1. The Morgan fingerprint density at radius 2 is 2.10 bits per heavy atom. The Morgan fingerprint density at radius 1 is 1.33 bits per heavy atom. The quantitative estimate of drug-likeness (QED) is 0.822. The van der Waals surface area contributed by atoms with Crippen LogP contribution in [0, 0.1) is 5.41 Å². The van der Waals surface area contributed by atoms with Crippen LogP contribution in [-0.2, 0) is 17.8 Å². The molecule has 0 atom stereocenters. The number of hydrogen-bond donors (Lipinski definition) is 1. The van der Waals surface area contributed by atoms with Gasteiger partial charge in [0.05, 0.1) is 18.6 Å². The number of nitrogens with zero attached hydrogens (tertiary/aromatic N) is 4. The monoisotopic (exact) mass is 288 g/mol. The van der Waals surface area contributed by atoms with Crippen LogP contribution >= 0.6 is 0 Å². The Balaban J connectivity index is 1.57. The van der Waals surface area contributed by atoms with Crippen molar-refractivity contribution in [2.24, 2.45) is 5.41 Å². The number of carboxylic acids is 1. The molecule has 1 heterocycles. The highest BCUT2D eigenvalue weighted by atomic mass is 16.5. The zero-order valence-electron chi connectivity index (χ0n) is 11.5. The first-order valence-electron chi connectivity index (χ1n) is 6.86. The average Bonchev–Trinajstić information content (AvgIpc) is 3.15. The molecule has 3 rings (SSSR count). The molecule has 1 N–H and O–H groups in total. The molecule has 1 saturated carbocycles. The van der Waals surface area contributed by atoms with Gasteiger partial charge in [-0.25, -0.2) is 4.68 Å². The first-order chi connectivity index (χ1) is 10.2. The molecule has 1 aromatic carbocycles. The van der Waals surface area contributed by atoms with Gasteiger partial charge < -0.3 is 9.84 Å². The van der Waals surface area contributed by atoms with Crippen molar-refractivity contribution < 1.29 is 14.6 Å². The van der Waals surface area contributed by atoms with Gasteiger partial charge >= 0.3 is 5.97 Å². The van der Waals surface area contributed by atoms with Crippen molar-refractivity contribution in [3.8, 4) is 5.75 Å². The summed E-state index contributed by atoms with van der Waals surface area (Å²) < 4.78 is 7.18. The summed E-state index contributed by atoms with van der Waals surface area (Å²) in [4.78, 5) is 11.2. The van der Waals surface area contributed by atoms with E-state index in [1.54, 1.807) is 4.68 Å². The summed E-state index contributed by atoms with van der Waals surface area (Å²) in [5.41, 5.74) is -0.676. The summed E-state index contributed by atoms with van der Waals surface area (Å²) in [5.74, 6) is 0.670. The van der Waals surface area contributed by atoms with Crippen molar-refractivity contribution in [1.29, 1.82) is 0 Å². The van der Waals surface area contributed by atoms with E-state index >= 15 is 0 Å². The first kappa shape index (κ1) is 13.5. The molecule has 1 fully saturated rings. The second-order valence-corrected chi connectivity index (χ2v) is 5.25. The topological polar surface area (TPSA) is 90.1 Å². The maximum absolute atomic E-state index is 11.2. The molecular weight excluding hydrogens is 272 g/mol. The molecule has 0 aliphatic heterocycles. The van der Waals surface area contributed by atoms with Gasteiger partial charge in [0.2, 0.25) is 0 Å². The van der Waals surface area contributed by atoms with E-state index in [2.05, 4.69) is 15.5 Å². The fraction of sp³-hybridized carbons (Fsp3) is 0.429. The predicted octanol–water partition coefficient (Wildman–Crippen LogP) is 1.16. The molecule has 7 heteroatoms. The van der Waals surface area contributed by atoms with E-state index in [0.29, 0.717) is 38.2 Å². The molecule has 0 amide bonds. The standard InChI is InChI=1S/C14H16N4O3/c19-13(20)14(7-8-14)10-18-12(15-16-17-18)6-9-21-11-4-2-1-3-5-11/h1-5H,6-10H2,(H,19,20). The SMILES string of the molecule is O=C(O)C1(Cn2nnnc2CCOc2ccccc2)CC1. The Bertz CT molecular complexity index is 622. The molecule has 0 spiro atoms. The fourth-order valence-electron chi connectivity index (χ4n) is 2.18. The smallest absolute Gasteiger partial charge is 0.311 e. The first-order valence-corrected chi connectivity index (χ1v) is 6.86. The molecule has 21 heavy (non-hydrogen) atoms. The van der Waals surface area contributed by atoms with Gasteiger partial charge in [0.1, 0.15) is 5.75 Å². The summed E-state index contributed by atoms with van der Waals surface area (Å²) in [6.45, 7) is 0.778. The molecule has 110 valence electrons. The minimum atomic E-state index is -0.774. The summed E-state index contributed by atoms with van der Waals surface area (Å²) in [7, 11) is 0. The van der Waals surface area contributed by atoms with Gasteiger partial charge in [-0.05, 0) is 35.4 Å². The molecule has 1 aliphatic carbocycles. The number of hydrogen-bond acceptors (Lipinski definition) is 5. The van der Waals surface area contributed by atoms with Crippen LogP contribution in [0.3, 0.4) is 0 Å². The van der Waals surface area contributed by atoms with Crippen LogP contribution in [0.15, 0.2) is 30.3 Å². The van der Waals surface area contributed by atoms with Gasteiger partial charge in [-0.2, -0.15) is 0 Å². The van der Waals surface area contributed by atoms with Crippen molar-refractivity contribution in [2.45, 2.75) is 25.8 Å². The van der Waals surface area contributed by atoms with Gasteiger partial charge in [0, 0.05) is 6.42 Å². The third kappa shape index (κ3) is 3.01. The van der Waals surface area contributed by atoms with Crippen LogP contribution in [-0.4, -0.2) is 37.9 Å². The third-order valence-electron chi connectivity index (χ3n) is 3.70. The van der Waals surface area contributed by atoms with E-state index in [-0.39, 0.29) is 0 Å². The molecule has 0 bridgehead atoms. The lowest BCUT2D eigenvalue weighted by molar-refractivity contribution is -0.144. The number of carbonyl (C=O) groups is 1. The van der Waals surface area contributed by atoms with Crippen LogP contribution in [0.1, 0.15) is 18.7 Å². The largest absolute Gasteiger partial charge is 0.493 e. The fourth-order valence-corrected chi connectivity index (χ4v) is 2.18. The minimum absolute atomic E-state index is 0.329. The van der Waals surface area contributed by atoms with E-state index in [4.69, 9.17) is 4.74 Å². The summed E-state index contributed by atoms with van der Waals surface area (Å²) in [5, 5.41) is 20.7. The van der Waals surface area contributed by atoms with Crippen LogP contribution in [0.25, 0.3) is 0 Å². The Morgan fingerprint density at radius 3 is 2.76 bits per heavy atom. The number of carboxylic acid groups (broad SMARTS) is 1. The normalized spacial score (nSPS) is 15.6. The van der Waals surface area contributed by atoms with E-state index < -0.39 is 11.4 Å². The molecular formula is C14H16N4O3. The van der Waals surface area contributed by atoms with E-state index in [9.17, 15) is 9.90 Å². The lowest BCUT2D eigenvalue weighted by atomic mass is 10.1. The molecule has 0 radical (unpaired) electrons. The molecule has 1 aliphatic rings. The van der Waals surface area contributed by atoms with Crippen molar-refractivity contribution in [3.63, 3.8) is 0 Å². The zero-order chi connectivity index (χ0) is 14.7. The zero-order valence-corrected chi connectivity index (χ0v) is 11.5. The number of benzene rings is 1. The highest BCUT2D eigenvalue weighted by Gasteiger charge is 2.51. The number of para-hydroxylation sites is 1. The Hall–Kier alpha value is -2.44. The highest BCUT2D eigenvalue weighted by molar-refractivity contribution is 5.77. The maximum atomic E-state index is 11.2. The second kappa shape index (κ2) is 5.51. The molecule has 0 saturated heterocycles. The summed E-state index contributed by atoms with van der Waals surface area (Å²) in [6.07, 6.45) is 1.90. The van der Waals surface area contributed by atoms with Gasteiger partial charge in [0.25, 0.3) is 0 Å². The predicted molar refractivity (Wildman–Crippen MR) is 72.8 cm³/mol. The third-order valence-corrected chi connectivity index (χ3v) is 3.70. The van der Waals surface area contributed by atoms with E-state index in [1.807, 2.05) is 30.3 Å². The number of aromatic nitrogens is 4. The van der Waals surface area contributed by atoms with Gasteiger partial charge in [-0.15, -0.1) is 5.10 Å². The lowest BCUT2D eigenvalue weighted by Gasteiger charge is -2.11. The summed E-state index contributed by atoms with van der Waals surface area (Å²) >= 11 is 0. The minimum Gasteiger partial charge on any atom is -0.493 e. The van der Waals surface area contributed by atoms with Crippen molar-refractivity contribution in [2.75, 3.05) is 6.61 Å². The Labute approximate surface area is 121 Å². The van der Waals surface area contributed by atoms with E-state index in [1.165, 1.54) is 0 Å². The van der Waals surface area contributed by atoms with Crippen molar-refractivity contribution >= 4 is 5.97 Å². The maximum Gasteiger partial charge on any atom is 0.311 e. The molecule has 1 aromatic heterocycles. The van der Waals surface area contributed by atoms with Crippen LogP contribution in [0.4, 0.5) is 0 Å². The molecule has 0 unspecified atom stereocenters. The van der Waals surface area contributed by atoms with E-state index in [0.717, 1.165) is 5.75 Å². The molecule has 7 nitrogen and oxygen atoms in total. The van der Waals surface area contributed by atoms with Crippen LogP contribution in [0.2, 0.25) is 0 Å². The lowest BCUT2D eigenvalue weighted by Crippen LogP contribution is -2.24. The number of rotatable bonds is 7. The second-order valence-electron chi connectivity index (χ2n) is 5.25. The summed E-state index contributed by atoms with van der Waals surface area (Å²) in [6, 6.07) is 9.50. The molecule has 2 aromatic rings. The number of tetrazole rings is 1. The van der Waals surface area contributed by atoms with Crippen molar-refractivity contribution in [1.82, 2.24) is 20.2 Å². The van der Waals surface area contributed by atoms with Gasteiger partial charge in [0.15, 0.2) is 5.82 Å². The van der Waals surface area contributed by atoms with Crippen molar-refractivity contribution in [3.05, 3.63) is 36.2 Å². The van der Waals surface area contributed by atoms with Crippen LogP contribution < -0.4 is 4.74 Å². The van der Waals surface area contributed by atoms with Gasteiger partial charge in [-0.3, -0.25) is 4.79 Å². The Kier molecular flexibility index (Phi) is 3.55. The van der Waals surface area contributed by atoms with Gasteiger partial charge in [-0.1, -0.05) is 18.2 Å². The average molecular weight is 288 g/mol. The number of aliphatic carboxylic acids is 1.